The van der Waals surface area contributed by atoms with Crippen LogP contribution in [0.25, 0.3) is 0 Å². The number of rotatable bonds is 6. The van der Waals surface area contributed by atoms with Crippen LogP contribution < -0.4 is 15.1 Å². The predicted octanol–water partition coefficient (Wildman–Crippen LogP) is 2.56. The van der Waals surface area contributed by atoms with Crippen LogP contribution in [0.5, 0.6) is 5.75 Å². The fourth-order valence-electron chi connectivity index (χ4n) is 2.84. The van der Waals surface area contributed by atoms with Gasteiger partial charge in [-0.05, 0) is 66.1 Å². The summed E-state index contributed by atoms with van der Waals surface area (Å²) in [6.45, 7) is 15.3. The highest BCUT2D eigenvalue weighted by molar-refractivity contribution is 6.47. The van der Waals surface area contributed by atoms with Gasteiger partial charge in [0.15, 0.2) is 0 Å². The first-order valence-corrected chi connectivity index (χ1v) is 10.4. The van der Waals surface area contributed by atoms with Crippen molar-refractivity contribution >= 4 is 24.7 Å². The summed E-state index contributed by atoms with van der Waals surface area (Å²) in [4.78, 5) is 16.2. The molecule has 7 nitrogen and oxygen atoms in total. The zero-order valence-electron chi connectivity index (χ0n) is 19.6. The standard InChI is InChI=1S/C22H36BN2O5/c1-20(2,3)29-19(26)25-13-11-24(12-14-25)17-10-9-16(15-18(17)28-8)23-30-22(6,7)21(4,5)27/h9-10,15,27H,11-14H2,1-8H3. The first kappa shape index (κ1) is 24.3. The number of carbonyl (C=O) groups excluding carboxylic acids is 1. The second-order valence-electron chi connectivity index (χ2n) is 9.69. The molecule has 0 saturated carbocycles. The lowest BCUT2D eigenvalue weighted by molar-refractivity contribution is -0.0893. The summed E-state index contributed by atoms with van der Waals surface area (Å²) in [5.74, 6) is 0.735. The van der Waals surface area contributed by atoms with E-state index in [1.807, 2.05) is 52.8 Å². The monoisotopic (exact) mass is 419 g/mol. The molecule has 1 saturated heterocycles. The molecular formula is C22H36BN2O5. The maximum Gasteiger partial charge on any atom is 0.410 e. The van der Waals surface area contributed by atoms with Gasteiger partial charge >= 0.3 is 13.6 Å². The summed E-state index contributed by atoms with van der Waals surface area (Å²) < 4.78 is 16.9. The fourth-order valence-corrected chi connectivity index (χ4v) is 2.84. The molecule has 1 N–H and O–H groups in total. The number of ether oxygens (including phenoxy) is 2. The van der Waals surface area contributed by atoms with Gasteiger partial charge < -0.3 is 29.0 Å². The second-order valence-corrected chi connectivity index (χ2v) is 9.69. The molecule has 30 heavy (non-hydrogen) atoms. The van der Waals surface area contributed by atoms with Crippen LogP contribution in [0, 0.1) is 0 Å². The van der Waals surface area contributed by atoms with Crippen LogP contribution >= 0.6 is 0 Å². The molecule has 1 aliphatic heterocycles. The Hall–Kier alpha value is -1.93. The van der Waals surface area contributed by atoms with Gasteiger partial charge in [-0.1, -0.05) is 6.07 Å². The summed E-state index contributed by atoms with van der Waals surface area (Å²) in [5, 5.41) is 10.2. The highest BCUT2D eigenvalue weighted by atomic mass is 16.6. The van der Waals surface area contributed by atoms with E-state index in [4.69, 9.17) is 14.1 Å². The third-order valence-electron chi connectivity index (χ3n) is 5.44. The van der Waals surface area contributed by atoms with Crippen LogP contribution in [0.1, 0.15) is 48.5 Å². The number of carbonyl (C=O) groups is 1. The zero-order valence-corrected chi connectivity index (χ0v) is 19.6. The first-order valence-electron chi connectivity index (χ1n) is 10.4. The van der Waals surface area contributed by atoms with E-state index in [0.29, 0.717) is 26.2 Å². The lowest BCUT2D eigenvalue weighted by Gasteiger charge is -2.38. The number of amides is 1. The predicted molar refractivity (Wildman–Crippen MR) is 120 cm³/mol. The molecule has 0 spiro atoms. The summed E-state index contributed by atoms with van der Waals surface area (Å²) in [7, 11) is 3.28. The Balaban J connectivity index is 2.02. The summed E-state index contributed by atoms with van der Waals surface area (Å²) in [6.07, 6.45) is -0.273. The summed E-state index contributed by atoms with van der Waals surface area (Å²) in [6, 6.07) is 5.86. The van der Waals surface area contributed by atoms with Crippen molar-refractivity contribution in [1.82, 2.24) is 4.90 Å². The third-order valence-corrected chi connectivity index (χ3v) is 5.44. The summed E-state index contributed by atoms with van der Waals surface area (Å²) in [5.41, 5.74) is -0.398. The minimum absolute atomic E-state index is 0.273. The van der Waals surface area contributed by atoms with Gasteiger partial charge in [-0.3, -0.25) is 0 Å². The van der Waals surface area contributed by atoms with Gasteiger partial charge in [-0.15, -0.1) is 0 Å². The highest BCUT2D eigenvalue weighted by Crippen LogP contribution is 2.29. The molecule has 1 aromatic rings. The average molecular weight is 419 g/mol. The number of anilines is 1. The van der Waals surface area contributed by atoms with Crippen molar-refractivity contribution in [2.24, 2.45) is 0 Å². The number of benzene rings is 1. The molecule has 8 heteroatoms. The van der Waals surface area contributed by atoms with Crippen molar-refractivity contribution in [3.8, 4) is 5.75 Å². The number of methoxy groups -OCH3 is 1. The van der Waals surface area contributed by atoms with Crippen molar-refractivity contribution in [3.05, 3.63) is 18.2 Å². The normalized spacial score (nSPS) is 15.8. The molecular weight excluding hydrogens is 383 g/mol. The number of nitrogens with zero attached hydrogens (tertiary/aromatic N) is 2. The van der Waals surface area contributed by atoms with E-state index in [1.165, 1.54) is 0 Å². The Morgan fingerprint density at radius 3 is 2.13 bits per heavy atom. The van der Waals surface area contributed by atoms with E-state index in [0.717, 1.165) is 16.9 Å². The minimum Gasteiger partial charge on any atom is -0.495 e. The molecule has 1 aromatic carbocycles. The molecule has 0 atom stereocenters. The van der Waals surface area contributed by atoms with Crippen molar-refractivity contribution in [3.63, 3.8) is 0 Å². The Kier molecular flexibility index (Phi) is 7.35. The fraction of sp³-hybridized carbons (Fsp3) is 0.682. The molecule has 1 fully saturated rings. The Bertz CT molecular complexity index is 732. The molecule has 0 unspecified atom stereocenters. The van der Waals surface area contributed by atoms with Crippen LogP contribution in [0.4, 0.5) is 10.5 Å². The number of hydrogen-bond donors (Lipinski definition) is 1. The minimum atomic E-state index is -0.985. The van der Waals surface area contributed by atoms with E-state index in [-0.39, 0.29) is 6.09 Å². The number of hydrogen-bond acceptors (Lipinski definition) is 6. The van der Waals surface area contributed by atoms with Crippen LogP contribution in [-0.2, 0) is 9.39 Å². The van der Waals surface area contributed by atoms with Crippen molar-refractivity contribution < 1.29 is 24.0 Å². The van der Waals surface area contributed by atoms with Crippen molar-refractivity contribution in [2.45, 2.75) is 65.3 Å². The van der Waals surface area contributed by atoms with Crippen LogP contribution in [0.2, 0.25) is 0 Å². The first-order chi connectivity index (χ1) is 13.7. The molecule has 1 amide bonds. The Labute approximate surface area is 181 Å². The molecule has 0 bridgehead atoms. The van der Waals surface area contributed by atoms with Crippen molar-refractivity contribution in [1.29, 1.82) is 0 Å². The molecule has 1 radical (unpaired) electrons. The maximum absolute atomic E-state index is 12.3. The number of piperazine rings is 1. The number of aliphatic hydroxyl groups is 1. The van der Waals surface area contributed by atoms with Gasteiger partial charge in [0.05, 0.1) is 24.0 Å². The second kappa shape index (κ2) is 9.06. The van der Waals surface area contributed by atoms with Crippen LogP contribution in [0.15, 0.2) is 18.2 Å². The summed E-state index contributed by atoms with van der Waals surface area (Å²) >= 11 is 0. The molecule has 0 aliphatic carbocycles. The van der Waals surface area contributed by atoms with Crippen molar-refractivity contribution in [2.75, 3.05) is 38.2 Å². The average Bonchev–Trinajstić information content (AvgIpc) is 2.64. The largest absolute Gasteiger partial charge is 0.495 e. The van der Waals surface area contributed by atoms with Gasteiger partial charge in [0.2, 0.25) is 0 Å². The molecule has 0 aromatic heterocycles. The van der Waals surface area contributed by atoms with E-state index in [9.17, 15) is 9.90 Å². The van der Waals surface area contributed by atoms with Gasteiger partial charge in [-0.25, -0.2) is 4.79 Å². The molecule has 167 valence electrons. The zero-order chi connectivity index (χ0) is 22.7. The van der Waals surface area contributed by atoms with E-state index >= 15 is 0 Å². The molecule has 2 rings (SSSR count). The van der Waals surface area contributed by atoms with Crippen LogP contribution in [-0.4, -0.2) is 73.7 Å². The Morgan fingerprint density at radius 1 is 1.03 bits per heavy atom. The van der Waals surface area contributed by atoms with Gasteiger partial charge in [0.1, 0.15) is 11.4 Å². The smallest absolute Gasteiger partial charge is 0.410 e. The van der Waals surface area contributed by atoms with E-state index < -0.39 is 16.8 Å². The quantitative estimate of drug-likeness (QED) is 0.715. The maximum atomic E-state index is 12.3. The van der Waals surface area contributed by atoms with E-state index in [2.05, 4.69) is 4.90 Å². The van der Waals surface area contributed by atoms with Crippen LogP contribution in [0.3, 0.4) is 0 Å². The van der Waals surface area contributed by atoms with Gasteiger partial charge in [0, 0.05) is 26.2 Å². The topological polar surface area (TPSA) is 71.5 Å². The lowest BCUT2D eigenvalue weighted by Crippen LogP contribution is -2.50. The Morgan fingerprint density at radius 2 is 1.63 bits per heavy atom. The lowest BCUT2D eigenvalue weighted by atomic mass is 9.82. The van der Waals surface area contributed by atoms with E-state index in [1.54, 1.807) is 33.3 Å². The van der Waals surface area contributed by atoms with Gasteiger partial charge in [0.25, 0.3) is 0 Å². The molecule has 1 aliphatic rings. The molecule has 1 heterocycles. The SMILES string of the molecule is COc1cc([B]OC(C)(C)C(C)(C)O)ccc1N1CCN(C(=O)OC(C)(C)C)CC1. The third kappa shape index (κ3) is 6.28. The van der Waals surface area contributed by atoms with Gasteiger partial charge in [-0.2, -0.15) is 0 Å². The highest BCUT2D eigenvalue weighted by Gasteiger charge is 2.35.